The Labute approximate surface area is 129 Å². The summed E-state index contributed by atoms with van der Waals surface area (Å²) in [7, 11) is -2.18. The number of ether oxygens (including phenoxy) is 1. The SMILES string of the molecule is CCC(CC)N(CCOC)S(=O)(=O)c1cc(C(=O)O)cs1. The average Bonchev–Trinajstić information content (AvgIpc) is 2.94. The van der Waals surface area contributed by atoms with Crippen molar-refractivity contribution in [2.75, 3.05) is 20.3 Å². The van der Waals surface area contributed by atoms with E-state index in [0.717, 1.165) is 11.3 Å². The largest absolute Gasteiger partial charge is 0.478 e. The van der Waals surface area contributed by atoms with Crippen LogP contribution in [0.1, 0.15) is 37.0 Å². The molecule has 21 heavy (non-hydrogen) atoms. The maximum absolute atomic E-state index is 12.7. The van der Waals surface area contributed by atoms with Gasteiger partial charge in [0, 0.05) is 25.1 Å². The third-order valence-corrected chi connectivity index (χ3v) is 6.62. The Hall–Kier alpha value is -0.960. The standard InChI is InChI=1S/C13H21NO5S2/c1-4-11(5-2)14(6-7-19-3)21(17,18)12-8-10(9-20-12)13(15)16/h8-9,11H,4-7H2,1-3H3,(H,15,16). The molecular formula is C13H21NO5S2. The Kier molecular flexibility index (Phi) is 6.79. The van der Waals surface area contributed by atoms with Gasteiger partial charge in [0.1, 0.15) is 4.21 Å². The molecule has 0 aliphatic carbocycles. The summed E-state index contributed by atoms with van der Waals surface area (Å²) in [5.74, 6) is -1.13. The number of carboxylic acids is 1. The lowest BCUT2D eigenvalue weighted by molar-refractivity contribution is 0.0697. The van der Waals surface area contributed by atoms with Gasteiger partial charge in [0.25, 0.3) is 10.0 Å². The monoisotopic (exact) mass is 335 g/mol. The van der Waals surface area contributed by atoms with Gasteiger partial charge in [0.15, 0.2) is 0 Å². The van der Waals surface area contributed by atoms with Gasteiger partial charge in [-0.15, -0.1) is 11.3 Å². The first-order valence-electron chi connectivity index (χ1n) is 6.71. The molecule has 1 N–H and O–H groups in total. The fourth-order valence-corrected chi connectivity index (χ4v) is 5.09. The molecular weight excluding hydrogens is 314 g/mol. The molecule has 120 valence electrons. The van der Waals surface area contributed by atoms with Gasteiger partial charge in [-0.25, -0.2) is 13.2 Å². The highest BCUT2D eigenvalue weighted by molar-refractivity contribution is 7.91. The molecule has 0 saturated carbocycles. The highest BCUT2D eigenvalue weighted by atomic mass is 32.2. The molecule has 1 aromatic rings. The molecule has 0 aromatic carbocycles. The number of carbonyl (C=O) groups is 1. The van der Waals surface area contributed by atoms with Crippen LogP contribution < -0.4 is 0 Å². The summed E-state index contributed by atoms with van der Waals surface area (Å²) in [5, 5.41) is 10.3. The summed E-state index contributed by atoms with van der Waals surface area (Å²) < 4.78 is 31.9. The molecule has 0 atom stereocenters. The van der Waals surface area contributed by atoms with Crippen molar-refractivity contribution in [2.45, 2.75) is 36.9 Å². The Morgan fingerprint density at radius 2 is 2.05 bits per heavy atom. The van der Waals surface area contributed by atoms with Crippen molar-refractivity contribution in [1.82, 2.24) is 4.31 Å². The quantitative estimate of drug-likeness (QED) is 0.748. The summed E-state index contributed by atoms with van der Waals surface area (Å²) in [4.78, 5) is 10.9. The van der Waals surface area contributed by atoms with Crippen LogP contribution in [0.3, 0.4) is 0 Å². The Balaban J connectivity index is 3.15. The molecule has 0 saturated heterocycles. The Morgan fingerprint density at radius 3 is 2.48 bits per heavy atom. The van der Waals surface area contributed by atoms with E-state index in [2.05, 4.69) is 0 Å². The molecule has 0 bridgehead atoms. The molecule has 0 spiro atoms. The van der Waals surface area contributed by atoms with Crippen molar-refractivity contribution in [3.05, 3.63) is 17.0 Å². The number of methoxy groups -OCH3 is 1. The lowest BCUT2D eigenvalue weighted by Gasteiger charge is -2.28. The highest BCUT2D eigenvalue weighted by Crippen LogP contribution is 2.27. The molecule has 0 radical (unpaired) electrons. The van der Waals surface area contributed by atoms with Crippen LogP contribution in [0, 0.1) is 0 Å². The first-order chi connectivity index (χ1) is 9.88. The summed E-state index contributed by atoms with van der Waals surface area (Å²) >= 11 is 0.934. The molecule has 0 fully saturated rings. The van der Waals surface area contributed by atoms with Gasteiger partial charge in [-0.1, -0.05) is 13.8 Å². The second kappa shape index (κ2) is 7.88. The van der Waals surface area contributed by atoms with Gasteiger partial charge in [-0.05, 0) is 18.9 Å². The van der Waals surface area contributed by atoms with Crippen molar-refractivity contribution in [1.29, 1.82) is 0 Å². The molecule has 1 heterocycles. The van der Waals surface area contributed by atoms with E-state index in [4.69, 9.17) is 9.84 Å². The second-order valence-electron chi connectivity index (χ2n) is 4.54. The zero-order chi connectivity index (χ0) is 16.0. The van der Waals surface area contributed by atoms with Crippen molar-refractivity contribution in [3.8, 4) is 0 Å². The van der Waals surface area contributed by atoms with Crippen molar-refractivity contribution >= 4 is 27.3 Å². The number of nitrogens with zero attached hydrogens (tertiary/aromatic N) is 1. The minimum Gasteiger partial charge on any atom is -0.478 e. The number of aromatic carboxylic acids is 1. The van der Waals surface area contributed by atoms with E-state index in [0.29, 0.717) is 19.4 Å². The fraction of sp³-hybridized carbons (Fsp3) is 0.615. The van der Waals surface area contributed by atoms with E-state index in [1.807, 2.05) is 13.8 Å². The lowest BCUT2D eigenvalue weighted by Crippen LogP contribution is -2.41. The smallest absolute Gasteiger partial charge is 0.336 e. The van der Waals surface area contributed by atoms with Crippen LogP contribution in [0.15, 0.2) is 15.7 Å². The van der Waals surface area contributed by atoms with Gasteiger partial charge in [-0.2, -0.15) is 4.31 Å². The predicted molar refractivity (Wildman–Crippen MR) is 81.4 cm³/mol. The molecule has 1 aromatic heterocycles. The maximum atomic E-state index is 12.7. The highest BCUT2D eigenvalue weighted by Gasteiger charge is 2.31. The number of hydrogen-bond donors (Lipinski definition) is 1. The van der Waals surface area contributed by atoms with Gasteiger partial charge in [0.05, 0.1) is 12.2 Å². The molecule has 0 unspecified atom stereocenters. The summed E-state index contributed by atoms with van der Waals surface area (Å²) in [5.41, 5.74) is -0.00480. The van der Waals surface area contributed by atoms with Gasteiger partial charge < -0.3 is 9.84 Å². The Bertz CT molecular complexity index is 563. The predicted octanol–water partition coefficient (Wildman–Crippen LogP) is 2.27. The zero-order valence-electron chi connectivity index (χ0n) is 12.4. The third kappa shape index (κ3) is 4.26. The van der Waals surface area contributed by atoms with E-state index in [-0.39, 0.29) is 22.4 Å². The van der Waals surface area contributed by atoms with Gasteiger partial charge in [0.2, 0.25) is 0 Å². The van der Waals surface area contributed by atoms with Crippen LogP contribution in [0.4, 0.5) is 0 Å². The Morgan fingerprint density at radius 1 is 1.43 bits per heavy atom. The van der Waals surface area contributed by atoms with E-state index < -0.39 is 16.0 Å². The first kappa shape index (κ1) is 18.1. The summed E-state index contributed by atoms with van der Waals surface area (Å²) in [6, 6.07) is 1.09. The number of hydrogen-bond acceptors (Lipinski definition) is 5. The van der Waals surface area contributed by atoms with Gasteiger partial charge >= 0.3 is 5.97 Å². The van der Waals surface area contributed by atoms with E-state index in [1.165, 1.54) is 22.9 Å². The van der Waals surface area contributed by atoms with Crippen LogP contribution in [0.25, 0.3) is 0 Å². The van der Waals surface area contributed by atoms with Gasteiger partial charge in [-0.3, -0.25) is 0 Å². The molecule has 0 amide bonds. The fourth-order valence-electron chi connectivity index (χ4n) is 2.06. The maximum Gasteiger partial charge on any atom is 0.336 e. The lowest BCUT2D eigenvalue weighted by atomic mass is 10.2. The zero-order valence-corrected chi connectivity index (χ0v) is 14.0. The van der Waals surface area contributed by atoms with E-state index in [1.54, 1.807) is 0 Å². The average molecular weight is 335 g/mol. The van der Waals surface area contributed by atoms with Crippen molar-refractivity contribution in [3.63, 3.8) is 0 Å². The summed E-state index contributed by atoms with van der Waals surface area (Å²) in [6.07, 6.45) is 1.38. The second-order valence-corrected chi connectivity index (χ2v) is 7.57. The van der Waals surface area contributed by atoms with Crippen LogP contribution >= 0.6 is 11.3 Å². The molecule has 1 rings (SSSR count). The topological polar surface area (TPSA) is 83.9 Å². The van der Waals surface area contributed by atoms with E-state index in [9.17, 15) is 13.2 Å². The normalized spacial score (nSPS) is 12.2. The molecule has 6 nitrogen and oxygen atoms in total. The van der Waals surface area contributed by atoms with Crippen LogP contribution in [-0.4, -0.2) is 50.1 Å². The number of sulfonamides is 1. The minimum atomic E-state index is -3.70. The number of rotatable bonds is 9. The third-order valence-electron chi connectivity index (χ3n) is 3.25. The van der Waals surface area contributed by atoms with Crippen molar-refractivity contribution in [2.24, 2.45) is 0 Å². The molecule has 0 aliphatic heterocycles. The first-order valence-corrected chi connectivity index (χ1v) is 9.03. The van der Waals surface area contributed by atoms with E-state index >= 15 is 0 Å². The number of carboxylic acid groups (broad SMARTS) is 1. The summed E-state index contributed by atoms with van der Waals surface area (Å²) in [6.45, 7) is 4.42. The number of thiophene rings is 1. The molecule has 0 aliphatic rings. The van der Waals surface area contributed by atoms with Crippen LogP contribution in [0.2, 0.25) is 0 Å². The molecule has 8 heteroatoms. The van der Waals surface area contributed by atoms with Crippen LogP contribution in [-0.2, 0) is 14.8 Å². The van der Waals surface area contributed by atoms with Crippen LogP contribution in [0.5, 0.6) is 0 Å². The minimum absolute atomic E-state index is 0.00480. The van der Waals surface area contributed by atoms with Crippen molar-refractivity contribution < 1.29 is 23.1 Å².